The molecule has 2 rings (SSSR count). The normalized spacial score (nSPS) is 12.5. The van der Waals surface area contributed by atoms with Crippen molar-refractivity contribution in [3.8, 4) is 23.7 Å². The van der Waals surface area contributed by atoms with E-state index in [0.717, 1.165) is 14.0 Å². The van der Waals surface area contributed by atoms with Crippen molar-refractivity contribution in [1.82, 2.24) is 16.1 Å². The van der Waals surface area contributed by atoms with Crippen molar-refractivity contribution in [2.24, 2.45) is 0 Å². The summed E-state index contributed by atoms with van der Waals surface area (Å²) in [7, 11) is 2.48. The number of carbonyl (C=O) groups excluding carboxylic acids is 3. The van der Waals surface area contributed by atoms with Gasteiger partial charge in [0.1, 0.15) is 6.04 Å². The molecule has 0 saturated carbocycles. The first-order valence-electron chi connectivity index (χ1n) is 10.4. The van der Waals surface area contributed by atoms with Crippen molar-refractivity contribution < 1.29 is 33.1 Å². The third-order valence-electron chi connectivity index (χ3n) is 5.09. The number of methoxy groups -OCH3 is 1. The van der Waals surface area contributed by atoms with Gasteiger partial charge in [-0.2, -0.15) is 0 Å². The van der Waals surface area contributed by atoms with E-state index < -0.39 is 29.9 Å². The lowest BCUT2D eigenvalue weighted by Crippen LogP contribution is -2.62. The Morgan fingerprint density at radius 3 is 1.94 bits per heavy atom. The molecule has 0 heterocycles. The molecule has 0 radical (unpaired) electrons. The molecule has 0 aromatic heterocycles. The van der Waals surface area contributed by atoms with Crippen LogP contribution in [-0.2, 0) is 9.53 Å². The first-order chi connectivity index (χ1) is 17.1. The fourth-order valence-electron chi connectivity index (χ4n) is 2.82. The van der Waals surface area contributed by atoms with Gasteiger partial charge in [0.2, 0.25) is 0 Å². The Morgan fingerprint density at radius 1 is 0.972 bits per heavy atom. The van der Waals surface area contributed by atoms with Gasteiger partial charge in [-0.05, 0) is 67.3 Å². The van der Waals surface area contributed by atoms with Gasteiger partial charge < -0.3 is 20.7 Å². The molecule has 2 atom stereocenters. The van der Waals surface area contributed by atoms with Crippen LogP contribution in [0, 0.1) is 23.7 Å². The summed E-state index contributed by atoms with van der Waals surface area (Å²) in [6.45, 7) is 0.938. The molecule has 0 aliphatic carbocycles. The maximum atomic E-state index is 13.5. The van der Waals surface area contributed by atoms with E-state index >= 15 is 0 Å². The van der Waals surface area contributed by atoms with Gasteiger partial charge in [-0.1, -0.05) is 11.8 Å². The van der Waals surface area contributed by atoms with E-state index in [4.69, 9.17) is 9.94 Å². The molecule has 0 bridgehead atoms. The molecule has 11 heteroatoms. The number of benzene rings is 2. The second kappa shape index (κ2) is 12.9. The zero-order valence-electron chi connectivity index (χ0n) is 19.6. The van der Waals surface area contributed by atoms with Crippen LogP contribution in [0.3, 0.4) is 0 Å². The van der Waals surface area contributed by atoms with Crippen LogP contribution < -0.4 is 21.4 Å². The van der Waals surface area contributed by atoms with E-state index in [9.17, 15) is 23.2 Å². The average molecular weight is 498 g/mol. The number of ether oxygens (including phenoxy) is 1. The largest absolute Gasteiger partial charge is 0.370 e. The number of carbonyl (C=O) groups is 3. The molecule has 2 unspecified atom stereocenters. The summed E-state index contributed by atoms with van der Waals surface area (Å²) in [5, 5.41) is 16.1. The molecule has 0 spiro atoms. The zero-order chi connectivity index (χ0) is 26.7. The van der Waals surface area contributed by atoms with Gasteiger partial charge in [-0.15, -0.1) is 0 Å². The minimum absolute atomic E-state index is 0.0700. The second-order valence-electron chi connectivity index (χ2n) is 7.43. The first kappa shape index (κ1) is 27.8. The van der Waals surface area contributed by atoms with E-state index in [2.05, 4.69) is 39.6 Å². The first-order valence-corrected chi connectivity index (χ1v) is 10.4. The Hall–Kier alpha value is -4.45. The maximum absolute atomic E-state index is 13.5. The van der Waals surface area contributed by atoms with Gasteiger partial charge in [0.25, 0.3) is 18.2 Å². The Balaban J connectivity index is 2.07. The standard InChI is InChI=1S/C25H24F2N4O5/c1-25(36-3,23(26)27)20(22(33)31-35)30-21(32)18-12-8-16(9-13-18)6-4-5-7-17-10-14-19(15-11-17)29-24(34)28-2/h8-15,20,23,35H,1-3H3,(H,30,32)(H,31,33)(H2,28,29,34). The number of anilines is 1. The summed E-state index contributed by atoms with van der Waals surface area (Å²) in [6.07, 6.45) is -3.14. The quantitative estimate of drug-likeness (QED) is 0.227. The van der Waals surface area contributed by atoms with Crippen molar-refractivity contribution in [3.05, 3.63) is 65.2 Å². The number of hydroxylamine groups is 1. The third kappa shape index (κ3) is 7.27. The lowest BCUT2D eigenvalue weighted by molar-refractivity contribution is -0.157. The van der Waals surface area contributed by atoms with Crippen molar-refractivity contribution in [1.29, 1.82) is 0 Å². The number of alkyl halides is 2. The van der Waals surface area contributed by atoms with Crippen LogP contribution in [0.15, 0.2) is 48.5 Å². The van der Waals surface area contributed by atoms with Crippen LogP contribution in [0.5, 0.6) is 0 Å². The molecule has 5 N–H and O–H groups in total. The number of hydrogen-bond donors (Lipinski definition) is 5. The highest BCUT2D eigenvalue weighted by atomic mass is 19.3. The van der Waals surface area contributed by atoms with Crippen LogP contribution in [0.2, 0.25) is 0 Å². The third-order valence-corrected chi connectivity index (χ3v) is 5.09. The highest BCUT2D eigenvalue weighted by Gasteiger charge is 2.48. The summed E-state index contributed by atoms with van der Waals surface area (Å²) in [4.78, 5) is 35.7. The highest BCUT2D eigenvalue weighted by Crippen LogP contribution is 2.24. The Kier molecular flexibility index (Phi) is 9.93. The number of nitrogens with one attached hydrogen (secondary N) is 4. The molecule has 4 amide bonds. The fraction of sp³-hybridized carbons (Fsp3) is 0.240. The molecule has 0 aliphatic heterocycles. The van der Waals surface area contributed by atoms with E-state index in [1.165, 1.54) is 36.8 Å². The molecule has 36 heavy (non-hydrogen) atoms. The summed E-state index contributed by atoms with van der Waals surface area (Å²) in [6, 6.07) is 10.5. The average Bonchev–Trinajstić information content (AvgIpc) is 2.89. The maximum Gasteiger partial charge on any atom is 0.318 e. The van der Waals surface area contributed by atoms with E-state index in [-0.39, 0.29) is 11.6 Å². The minimum Gasteiger partial charge on any atom is -0.370 e. The predicted molar refractivity (Wildman–Crippen MR) is 127 cm³/mol. The van der Waals surface area contributed by atoms with E-state index in [0.29, 0.717) is 16.8 Å². The molecule has 0 aliphatic rings. The molecule has 0 fully saturated rings. The molecular weight excluding hydrogens is 474 g/mol. The fourth-order valence-corrected chi connectivity index (χ4v) is 2.82. The monoisotopic (exact) mass is 498 g/mol. The molecule has 0 saturated heterocycles. The van der Waals surface area contributed by atoms with Gasteiger partial charge in [-0.3, -0.25) is 14.8 Å². The Labute approximate surface area is 206 Å². The van der Waals surface area contributed by atoms with Crippen molar-refractivity contribution in [2.75, 3.05) is 19.5 Å². The second-order valence-corrected chi connectivity index (χ2v) is 7.43. The molecule has 9 nitrogen and oxygen atoms in total. The Morgan fingerprint density at radius 2 is 1.50 bits per heavy atom. The van der Waals surface area contributed by atoms with Crippen LogP contribution in [0.25, 0.3) is 0 Å². The van der Waals surface area contributed by atoms with Crippen molar-refractivity contribution >= 4 is 23.5 Å². The van der Waals surface area contributed by atoms with Gasteiger partial charge in [0.05, 0.1) is 0 Å². The summed E-state index contributed by atoms with van der Waals surface area (Å²) in [5.74, 6) is 8.95. The SMILES string of the molecule is CNC(=O)Nc1ccc(C#CC#Cc2ccc(C(=O)NC(C(=O)NO)C(C)(OC)C(F)F)cc2)cc1. The van der Waals surface area contributed by atoms with E-state index in [1.807, 2.05) is 0 Å². The summed E-state index contributed by atoms with van der Waals surface area (Å²) >= 11 is 0. The lowest BCUT2D eigenvalue weighted by atomic mass is 9.95. The van der Waals surface area contributed by atoms with Crippen LogP contribution in [0.4, 0.5) is 19.3 Å². The lowest BCUT2D eigenvalue weighted by Gasteiger charge is -2.34. The van der Waals surface area contributed by atoms with Crippen molar-refractivity contribution in [3.63, 3.8) is 0 Å². The minimum atomic E-state index is -3.14. The van der Waals surface area contributed by atoms with Crippen LogP contribution in [-0.4, -0.2) is 55.3 Å². The topological polar surface area (TPSA) is 129 Å². The predicted octanol–water partition coefficient (Wildman–Crippen LogP) is 2.12. The van der Waals surface area contributed by atoms with Gasteiger partial charge in [-0.25, -0.2) is 19.1 Å². The van der Waals surface area contributed by atoms with Gasteiger partial charge >= 0.3 is 6.03 Å². The van der Waals surface area contributed by atoms with Gasteiger partial charge in [0.15, 0.2) is 5.60 Å². The molecule has 188 valence electrons. The van der Waals surface area contributed by atoms with E-state index in [1.54, 1.807) is 24.3 Å². The summed E-state index contributed by atoms with van der Waals surface area (Å²) < 4.78 is 31.7. The molecular formula is C25H24F2N4O5. The highest BCUT2D eigenvalue weighted by molar-refractivity contribution is 5.98. The van der Waals surface area contributed by atoms with Gasteiger partial charge in [0, 0.05) is 36.5 Å². The molecule has 2 aromatic carbocycles. The number of hydrogen-bond acceptors (Lipinski definition) is 5. The smallest absolute Gasteiger partial charge is 0.318 e. The number of urea groups is 1. The number of rotatable bonds is 7. The van der Waals surface area contributed by atoms with Crippen molar-refractivity contribution in [2.45, 2.75) is 25.0 Å². The molecule has 2 aromatic rings. The number of halogens is 2. The number of amides is 4. The van der Waals surface area contributed by atoms with Crippen LogP contribution >= 0.6 is 0 Å². The summed E-state index contributed by atoms with van der Waals surface area (Å²) in [5.41, 5.74) is 0.780. The van der Waals surface area contributed by atoms with Crippen LogP contribution in [0.1, 0.15) is 28.4 Å². The Bertz CT molecular complexity index is 1210. The zero-order valence-corrected chi connectivity index (χ0v) is 19.6.